The molecule has 3 heterocycles. The molecule has 13 amide bonds. The first-order valence-corrected chi connectivity index (χ1v) is 37.0. The molecule has 0 spiro atoms. The van der Waals surface area contributed by atoms with E-state index in [-0.39, 0.29) is 102 Å². The number of aliphatic carboxylic acids is 2. The predicted molar refractivity (Wildman–Crippen MR) is 391 cm³/mol. The van der Waals surface area contributed by atoms with Crippen molar-refractivity contribution in [3.05, 3.63) is 35.9 Å². The predicted octanol–water partition coefficient (Wildman–Crippen LogP) is -5.92. The molecule has 3 fully saturated rings. The normalized spacial score (nSPS) is 19.2. The van der Waals surface area contributed by atoms with Crippen molar-refractivity contribution in [2.24, 2.45) is 39.8 Å². The van der Waals surface area contributed by atoms with Gasteiger partial charge in [-0.25, -0.2) is 0 Å². The van der Waals surface area contributed by atoms with Crippen molar-refractivity contribution in [1.29, 1.82) is 0 Å². The highest BCUT2D eigenvalue weighted by molar-refractivity contribution is 7.80. The number of nitrogens with one attached hydrogen (secondary N) is 10. The molecule has 592 valence electrons. The molecule has 0 radical (unpaired) electrons. The van der Waals surface area contributed by atoms with Gasteiger partial charge in [0.1, 0.15) is 79.0 Å². The van der Waals surface area contributed by atoms with Crippen LogP contribution in [0.2, 0.25) is 0 Å². The zero-order chi connectivity index (χ0) is 79.1. The number of carbonyl (C=O) groups is 15. The van der Waals surface area contributed by atoms with Gasteiger partial charge in [0.15, 0.2) is 5.96 Å². The Kier molecular flexibility index (Phi) is 37.9. The number of aliphatic hydroxyl groups is 2. The SMILES string of the molecule is CC[C@H](C)[C@H](NC(=O)[C@@H]1CCCN1C(=O)[C@@H]1CCCN1C(=O)[C@@H](NC(=O)[C@H](CO)NC(=O)[C@H](CCCCN)NC(=O)[C@@H](NC(=O)[C@H](CS)NC(=O)[C@@H](N)CCCN=C(N)N)[C@@H](C)O)[C@@H](C)CC)C(=O)N[C@@H](CS)C(=O)N[C@@H](Cc1ccccc1)C(=O)N1CCC[C@H]1C(=O)N[C@@H](CC(=O)O)C(=O)NCC(=O)O. The van der Waals surface area contributed by atoms with Crippen LogP contribution in [0.5, 0.6) is 0 Å². The van der Waals surface area contributed by atoms with Crippen LogP contribution in [0, 0.1) is 11.8 Å². The standard InChI is InChI=1S/C67H108N18O19S2/c1-6-35(3)51(62(100)79-44(33-105)58(96)76-42(29-38-17-9-8-10-18-38)64(102)83-26-14-21-46(83)60(98)75-41(30-49(88)89)55(93)73-31-50(90)91)80-61(99)47-22-15-27-84(47)65(103)48-23-16-28-85(48)66(104)52(36(4)7-2)81-57(95)43(32-86)77-56(94)40(20-11-12-24-68)74-63(101)53(37(5)87)82-59(97)45(34-106)78-54(92)39(69)19-13-25-72-67(70)71/h8-10,17-18,35-37,39-48,51-53,86-87,105-106H,6-7,11-16,19-34,68-69H2,1-5H3,(H,73,93)(H,74,101)(H,75,98)(H,76,96)(H,77,94)(H,78,92)(H,79,100)(H,80,99)(H,81,95)(H,82,97)(H,88,89)(H,90,91)(H4,70,71,72)/t35-,36-,37+,39-,40-,41-,42-,43-,44-,45-,46-,47-,48-,51-,52-,53-/m0/s1. The molecule has 0 saturated carbocycles. The van der Waals surface area contributed by atoms with Crippen LogP contribution in [-0.2, 0) is 78.3 Å². The number of guanidine groups is 1. The lowest BCUT2D eigenvalue weighted by Crippen LogP contribution is -2.62. The first kappa shape index (κ1) is 89.5. The van der Waals surface area contributed by atoms with Crippen LogP contribution in [0.25, 0.3) is 0 Å². The lowest BCUT2D eigenvalue weighted by molar-refractivity contribution is -0.149. The van der Waals surface area contributed by atoms with Gasteiger partial charge in [-0.2, -0.15) is 25.3 Å². The van der Waals surface area contributed by atoms with Crippen LogP contribution in [-0.4, -0.2) is 272 Å². The maximum atomic E-state index is 14.8. The average Bonchev–Trinajstić information content (AvgIpc) is 1.62. The second kappa shape index (κ2) is 44.9. The van der Waals surface area contributed by atoms with Gasteiger partial charge < -0.3 is 111 Å². The molecular weight excluding hydrogens is 1420 g/mol. The summed E-state index contributed by atoms with van der Waals surface area (Å²) in [7, 11) is 0. The Morgan fingerprint density at radius 2 is 1.03 bits per heavy atom. The van der Waals surface area contributed by atoms with E-state index in [1.165, 1.54) is 21.6 Å². The highest BCUT2D eigenvalue weighted by Crippen LogP contribution is 2.28. The maximum absolute atomic E-state index is 14.8. The molecule has 1 aromatic rings. The number of thiol groups is 2. The van der Waals surface area contributed by atoms with Crippen molar-refractivity contribution in [2.75, 3.05) is 57.4 Å². The summed E-state index contributed by atoms with van der Waals surface area (Å²) in [6.45, 7) is 6.73. The molecule has 37 nitrogen and oxygen atoms in total. The van der Waals surface area contributed by atoms with Crippen LogP contribution >= 0.6 is 25.3 Å². The Balaban J connectivity index is 1.47. The minimum Gasteiger partial charge on any atom is -0.481 e. The molecule has 3 aliphatic heterocycles. The van der Waals surface area contributed by atoms with Crippen LogP contribution in [0.1, 0.15) is 130 Å². The number of amides is 13. The van der Waals surface area contributed by atoms with E-state index in [2.05, 4.69) is 78.1 Å². The van der Waals surface area contributed by atoms with Gasteiger partial charge in [-0.1, -0.05) is 70.9 Å². The summed E-state index contributed by atoms with van der Waals surface area (Å²) in [5, 5.41) is 64.8. The van der Waals surface area contributed by atoms with Crippen LogP contribution < -0.4 is 76.1 Å². The number of likely N-dealkylation sites (tertiary alicyclic amines) is 3. The van der Waals surface area contributed by atoms with Gasteiger partial charge in [0.25, 0.3) is 0 Å². The number of unbranched alkanes of at least 4 members (excludes halogenated alkanes) is 1. The van der Waals surface area contributed by atoms with Gasteiger partial charge in [0, 0.05) is 44.1 Å². The number of nitrogens with zero attached hydrogens (tertiary/aromatic N) is 4. The maximum Gasteiger partial charge on any atom is 0.322 e. The molecule has 0 aliphatic carbocycles. The molecule has 0 unspecified atom stereocenters. The molecule has 1 aromatic carbocycles. The van der Waals surface area contributed by atoms with Crippen molar-refractivity contribution in [3.8, 4) is 0 Å². The fourth-order valence-electron chi connectivity index (χ4n) is 12.3. The van der Waals surface area contributed by atoms with E-state index < -0.39 is 205 Å². The minimum absolute atomic E-state index is 0.00940. The molecule has 16 atom stereocenters. The molecule has 3 aliphatic rings. The first-order chi connectivity index (χ1) is 50.3. The highest BCUT2D eigenvalue weighted by atomic mass is 32.1. The zero-order valence-electron chi connectivity index (χ0n) is 60.5. The molecule has 0 bridgehead atoms. The van der Waals surface area contributed by atoms with Gasteiger partial charge in [-0.15, -0.1) is 0 Å². The van der Waals surface area contributed by atoms with Crippen LogP contribution in [0.4, 0.5) is 0 Å². The fraction of sp³-hybridized carbons (Fsp3) is 0.672. The fourth-order valence-corrected chi connectivity index (χ4v) is 12.9. The largest absolute Gasteiger partial charge is 0.481 e. The second-order valence-electron chi connectivity index (χ2n) is 26.7. The molecule has 0 aromatic heterocycles. The quantitative estimate of drug-likeness (QED) is 0.0125. The lowest BCUT2D eigenvalue weighted by Gasteiger charge is -2.35. The number of hydrogen-bond acceptors (Lipinski definition) is 22. The van der Waals surface area contributed by atoms with E-state index in [1.54, 1.807) is 58.0 Å². The topological polar surface area (TPSA) is 583 Å². The average molecular weight is 1530 g/mol. The Morgan fingerprint density at radius 1 is 0.538 bits per heavy atom. The Bertz CT molecular complexity index is 3250. The summed E-state index contributed by atoms with van der Waals surface area (Å²) in [6.07, 6.45) is 0.453. The van der Waals surface area contributed by atoms with Gasteiger partial charge in [0.2, 0.25) is 76.8 Å². The number of benzene rings is 1. The number of aliphatic hydroxyl groups excluding tert-OH is 2. The summed E-state index contributed by atoms with van der Waals surface area (Å²) in [6, 6.07) is -9.48. The first-order valence-electron chi connectivity index (χ1n) is 35.7. The van der Waals surface area contributed by atoms with E-state index >= 15 is 0 Å². The van der Waals surface area contributed by atoms with Crippen molar-refractivity contribution >= 4 is 120 Å². The minimum atomic E-state index is -1.73. The summed E-state index contributed by atoms with van der Waals surface area (Å²) < 4.78 is 0. The Hall–Kier alpha value is -8.92. The summed E-state index contributed by atoms with van der Waals surface area (Å²) >= 11 is 8.53. The number of nitrogens with two attached hydrogens (primary N) is 4. The van der Waals surface area contributed by atoms with Crippen molar-refractivity contribution in [2.45, 2.75) is 216 Å². The Labute approximate surface area is 626 Å². The van der Waals surface area contributed by atoms with Crippen molar-refractivity contribution in [3.63, 3.8) is 0 Å². The van der Waals surface area contributed by atoms with E-state index in [4.69, 9.17) is 28.0 Å². The third-order valence-corrected chi connectivity index (χ3v) is 19.5. The zero-order valence-corrected chi connectivity index (χ0v) is 62.3. The summed E-state index contributed by atoms with van der Waals surface area (Å²) in [5.41, 5.74) is 23.0. The number of hydrogen-bond donors (Lipinski definition) is 20. The number of rotatable bonds is 44. The molecule has 3 saturated heterocycles. The van der Waals surface area contributed by atoms with Crippen molar-refractivity contribution in [1.82, 2.24) is 67.9 Å². The number of aliphatic imine (C=N–C) groups is 1. The van der Waals surface area contributed by atoms with Crippen molar-refractivity contribution < 1.29 is 92.3 Å². The van der Waals surface area contributed by atoms with Gasteiger partial charge in [-0.3, -0.25) is 76.9 Å². The number of carboxylic acids is 2. The van der Waals surface area contributed by atoms with E-state index in [0.29, 0.717) is 44.1 Å². The third-order valence-electron chi connectivity index (χ3n) is 18.8. The van der Waals surface area contributed by atoms with Gasteiger partial charge >= 0.3 is 11.9 Å². The van der Waals surface area contributed by atoms with Gasteiger partial charge in [-0.05, 0) is 101 Å². The highest BCUT2D eigenvalue weighted by Gasteiger charge is 2.47. The molecular formula is C67H108N18O19S2. The van der Waals surface area contributed by atoms with Crippen LogP contribution in [0.3, 0.4) is 0 Å². The molecule has 39 heteroatoms. The molecule has 4 rings (SSSR count). The molecule has 22 N–H and O–H groups in total. The van der Waals surface area contributed by atoms with Gasteiger partial charge in [0.05, 0.1) is 25.2 Å². The summed E-state index contributed by atoms with van der Waals surface area (Å²) in [4.78, 5) is 213. The van der Waals surface area contributed by atoms with E-state index in [1.807, 2.05) is 5.32 Å². The van der Waals surface area contributed by atoms with Crippen LogP contribution in [0.15, 0.2) is 35.3 Å². The lowest BCUT2D eigenvalue weighted by atomic mass is 9.96. The van der Waals surface area contributed by atoms with E-state index in [9.17, 15) is 87.2 Å². The smallest absolute Gasteiger partial charge is 0.322 e. The second-order valence-corrected chi connectivity index (χ2v) is 27.4. The number of carbonyl (C=O) groups excluding carboxylic acids is 13. The monoisotopic (exact) mass is 1530 g/mol. The molecule has 106 heavy (non-hydrogen) atoms. The third kappa shape index (κ3) is 27.1. The summed E-state index contributed by atoms with van der Waals surface area (Å²) in [5.74, 6) is -15.9. The Morgan fingerprint density at radius 3 is 1.58 bits per heavy atom. The number of carboxylic acid groups (broad SMARTS) is 2. The van der Waals surface area contributed by atoms with E-state index in [0.717, 1.165) is 0 Å².